The average molecular weight is 273 g/mol. The van der Waals surface area contributed by atoms with Crippen LogP contribution in [0, 0.1) is 0 Å². The molecule has 0 amide bonds. The van der Waals surface area contributed by atoms with Crippen LogP contribution in [-0.2, 0) is 18.0 Å². The van der Waals surface area contributed by atoms with Gasteiger partial charge >= 0.3 is 5.97 Å². The maximum Gasteiger partial charge on any atom is 0.354 e. The third-order valence-corrected chi connectivity index (χ3v) is 2.68. The van der Waals surface area contributed by atoms with E-state index in [4.69, 9.17) is 14.6 Å². The average Bonchev–Trinajstić information content (AvgIpc) is 2.48. The van der Waals surface area contributed by atoms with E-state index in [9.17, 15) is 4.79 Å². The lowest BCUT2D eigenvalue weighted by molar-refractivity contribution is 0.0688. The van der Waals surface area contributed by atoms with E-state index in [1.54, 1.807) is 19.2 Å². The zero-order valence-corrected chi connectivity index (χ0v) is 11.1. The number of carboxylic acid groups (broad SMARTS) is 1. The number of carbonyl (C=O) groups is 1. The fourth-order valence-corrected chi connectivity index (χ4v) is 1.71. The number of aromatic nitrogens is 1. The van der Waals surface area contributed by atoms with Crippen LogP contribution in [-0.4, -0.2) is 23.2 Å². The molecule has 5 heteroatoms. The molecule has 0 spiro atoms. The van der Waals surface area contributed by atoms with Crippen molar-refractivity contribution in [2.45, 2.75) is 13.2 Å². The Morgan fingerprint density at radius 3 is 2.75 bits per heavy atom. The lowest BCUT2D eigenvalue weighted by atomic mass is 10.2. The standard InChI is InChI=1S/C15H15NO4/c1-19-13-6-2-4-11(8-13)9-20-10-12-5-3-7-14(16-12)15(17)18/h2-8H,9-10H2,1H3,(H,17,18). The van der Waals surface area contributed by atoms with Gasteiger partial charge in [-0.3, -0.25) is 0 Å². The quantitative estimate of drug-likeness (QED) is 0.875. The zero-order chi connectivity index (χ0) is 14.4. The van der Waals surface area contributed by atoms with E-state index in [1.807, 2.05) is 24.3 Å². The van der Waals surface area contributed by atoms with Crippen molar-refractivity contribution in [1.82, 2.24) is 4.98 Å². The van der Waals surface area contributed by atoms with E-state index in [-0.39, 0.29) is 12.3 Å². The van der Waals surface area contributed by atoms with E-state index < -0.39 is 5.97 Å². The van der Waals surface area contributed by atoms with E-state index in [2.05, 4.69) is 4.98 Å². The van der Waals surface area contributed by atoms with Crippen LogP contribution in [0.2, 0.25) is 0 Å². The van der Waals surface area contributed by atoms with Crippen molar-refractivity contribution in [2.24, 2.45) is 0 Å². The highest BCUT2D eigenvalue weighted by Crippen LogP contribution is 2.13. The second kappa shape index (κ2) is 6.68. The molecule has 0 bridgehead atoms. The Bertz CT molecular complexity index is 598. The highest BCUT2D eigenvalue weighted by atomic mass is 16.5. The monoisotopic (exact) mass is 273 g/mol. The minimum atomic E-state index is -1.04. The lowest BCUT2D eigenvalue weighted by Crippen LogP contribution is -2.04. The molecular weight excluding hydrogens is 258 g/mol. The molecule has 0 aliphatic rings. The number of benzene rings is 1. The van der Waals surface area contributed by atoms with Gasteiger partial charge in [0.2, 0.25) is 0 Å². The van der Waals surface area contributed by atoms with Crippen molar-refractivity contribution in [2.75, 3.05) is 7.11 Å². The highest BCUT2D eigenvalue weighted by molar-refractivity contribution is 5.85. The van der Waals surface area contributed by atoms with Gasteiger partial charge in [0.1, 0.15) is 11.4 Å². The number of pyridine rings is 1. The van der Waals surface area contributed by atoms with Crippen molar-refractivity contribution in [3.05, 3.63) is 59.4 Å². The van der Waals surface area contributed by atoms with Crippen LogP contribution in [0.25, 0.3) is 0 Å². The molecule has 0 fully saturated rings. The second-order valence-corrected chi connectivity index (χ2v) is 4.16. The third-order valence-electron chi connectivity index (χ3n) is 2.68. The largest absolute Gasteiger partial charge is 0.497 e. The summed E-state index contributed by atoms with van der Waals surface area (Å²) in [5.74, 6) is -0.267. The second-order valence-electron chi connectivity index (χ2n) is 4.16. The number of ether oxygens (including phenoxy) is 2. The molecule has 0 atom stereocenters. The van der Waals surface area contributed by atoms with Gasteiger partial charge in [-0.15, -0.1) is 0 Å². The van der Waals surface area contributed by atoms with Gasteiger partial charge in [-0.1, -0.05) is 18.2 Å². The predicted molar refractivity (Wildman–Crippen MR) is 72.7 cm³/mol. The fourth-order valence-electron chi connectivity index (χ4n) is 1.71. The minimum absolute atomic E-state index is 0.0208. The molecule has 1 N–H and O–H groups in total. The molecular formula is C15H15NO4. The minimum Gasteiger partial charge on any atom is -0.497 e. The van der Waals surface area contributed by atoms with E-state index in [0.717, 1.165) is 11.3 Å². The van der Waals surface area contributed by atoms with Gasteiger partial charge in [-0.2, -0.15) is 0 Å². The Hall–Kier alpha value is -2.40. The summed E-state index contributed by atoms with van der Waals surface area (Å²) < 4.78 is 10.7. The molecule has 0 radical (unpaired) electrons. The highest BCUT2D eigenvalue weighted by Gasteiger charge is 2.05. The van der Waals surface area contributed by atoms with Gasteiger partial charge in [-0.25, -0.2) is 9.78 Å². The molecule has 0 saturated heterocycles. The van der Waals surface area contributed by atoms with Gasteiger partial charge in [0.15, 0.2) is 0 Å². The normalized spacial score (nSPS) is 10.2. The molecule has 2 rings (SSSR count). The molecule has 0 aliphatic carbocycles. The van der Waals surface area contributed by atoms with Crippen molar-refractivity contribution in [3.63, 3.8) is 0 Å². The number of carboxylic acids is 1. The Labute approximate surface area is 116 Å². The SMILES string of the molecule is COc1cccc(COCc2cccc(C(=O)O)n2)c1. The number of hydrogen-bond donors (Lipinski definition) is 1. The molecule has 1 heterocycles. The lowest BCUT2D eigenvalue weighted by Gasteiger charge is -2.06. The Kier molecular flexibility index (Phi) is 4.68. The molecule has 2 aromatic rings. The van der Waals surface area contributed by atoms with Gasteiger partial charge in [0, 0.05) is 0 Å². The van der Waals surface area contributed by atoms with Crippen LogP contribution in [0.5, 0.6) is 5.75 Å². The maximum atomic E-state index is 10.8. The summed E-state index contributed by atoms with van der Waals surface area (Å²) in [7, 11) is 1.61. The summed E-state index contributed by atoms with van der Waals surface area (Å²) in [5, 5.41) is 8.85. The first kappa shape index (κ1) is 14.0. The van der Waals surface area contributed by atoms with E-state index in [1.165, 1.54) is 6.07 Å². The van der Waals surface area contributed by atoms with Gasteiger partial charge < -0.3 is 14.6 Å². The van der Waals surface area contributed by atoms with Crippen LogP contribution in [0.15, 0.2) is 42.5 Å². The Morgan fingerprint density at radius 2 is 2.00 bits per heavy atom. The summed E-state index contributed by atoms with van der Waals surface area (Å²) in [5.41, 5.74) is 1.60. The molecule has 5 nitrogen and oxygen atoms in total. The molecule has 104 valence electrons. The van der Waals surface area contributed by atoms with Crippen LogP contribution in [0.3, 0.4) is 0 Å². The van der Waals surface area contributed by atoms with Crippen molar-refractivity contribution >= 4 is 5.97 Å². The van der Waals surface area contributed by atoms with Crippen molar-refractivity contribution < 1.29 is 19.4 Å². The number of aromatic carboxylic acids is 1. The van der Waals surface area contributed by atoms with Crippen LogP contribution in [0.1, 0.15) is 21.7 Å². The van der Waals surface area contributed by atoms with Gasteiger partial charge in [-0.05, 0) is 29.8 Å². The van der Waals surface area contributed by atoms with Crippen molar-refractivity contribution in [3.8, 4) is 5.75 Å². The van der Waals surface area contributed by atoms with Crippen LogP contribution >= 0.6 is 0 Å². The third kappa shape index (κ3) is 3.80. The molecule has 0 unspecified atom stereocenters. The van der Waals surface area contributed by atoms with Gasteiger partial charge in [0.25, 0.3) is 0 Å². The molecule has 20 heavy (non-hydrogen) atoms. The Balaban J connectivity index is 1.92. The Morgan fingerprint density at radius 1 is 1.20 bits per heavy atom. The smallest absolute Gasteiger partial charge is 0.354 e. The number of methoxy groups -OCH3 is 1. The van der Waals surface area contributed by atoms with Gasteiger partial charge in [0.05, 0.1) is 26.0 Å². The summed E-state index contributed by atoms with van der Waals surface area (Å²) in [6.07, 6.45) is 0. The topological polar surface area (TPSA) is 68.7 Å². The maximum absolute atomic E-state index is 10.8. The van der Waals surface area contributed by atoms with Crippen molar-refractivity contribution in [1.29, 1.82) is 0 Å². The summed E-state index contributed by atoms with van der Waals surface area (Å²) in [6, 6.07) is 12.4. The summed E-state index contributed by atoms with van der Waals surface area (Å²) >= 11 is 0. The number of rotatable bonds is 6. The molecule has 0 aliphatic heterocycles. The molecule has 1 aromatic carbocycles. The number of hydrogen-bond acceptors (Lipinski definition) is 4. The van der Waals surface area contributed by atoms with E-state index in [0.29, 0.717) is 12.3 Å². The first-order chi connectivity index (χ1) is 9.69. The molecule has 1 aromatic heterocycles. The summed E-state index contributed by atoms with van der Waals surface area (Å²) in [6.45, 7) is 0.675. The van der Waals surface area contributed by atoms with Crippen LogP contribution in [0.4, 0.5) is 0 Å². The zero-order valence-electron chi connectivity index (χ0n) is 11.1. The van der Waals surface area contributed by atoms with E-state index >= 15 is 0 Å². The number of nitrogens with zero attached hydrogens (tertiary/aromatic N) is 1. The fraction of sp³-hybridized carbons (Fsp3) is 0.200. The van der Waals surface area contributed by atoms with Crippen LogP contribution < -0.4 is 4.74 Å². The molecule has 0 saturated carbocycles. The predicted octanol–water partition coefficient (Wildman–Crippen LogP) is 2.51. The first-order valence-corrected chi connectivity index (χ1v) is 6.09. The first-order valence-electron chi connectivity index (χ1n) is 6.09. The summed E-state index contributed by atoms with van der Waals surface area (Å²) in [4.78, 5) is 14.8.